The zero-order valence-electron chi connectivity index (χ0n) is 11.3. The van der Waals surface area contributed by atoms with Crippen molar-refractivity contribution in [2.24, 2.45) is 5.73 Å². The normalized spacial score (nSPS) is 11.6. The lowest BCUT2D eigenvalue weighted by Gasteiger charge is -2.05. The molecule has 108 valence electrons. The average molecular weight is 313 g/mol. The van der Waals surface area contributed by atoms with Gasteiger partial charge in [-0.3, -0.25) is 0 Å². The summed E-state index contributed by atoms with van der Waals surface area (Å²) in [5.41, 5.74) is 7.70. The molecule has 0 saturated carbocycles. The lowest BCUT2D eigenvalue weighted by molar-refractivity contribution is 0.602. The maximum atomic E-state index is 12.2. The first-order valence-electron chi connectivity index (χ1n) is 5.83. The minimum Gasteiger partial charge on any atom is -0.326 e. The minimum atomic E-state index is -3.71. The predicted molar refractivity (Wildman–Crippen MR) is 77.1 cm³/mol. The van der Waals surface area contributed by atoms with Crippen LogP contribution in [0.3, 0.4) is 0 Å². The molecule has 0 aliphatic rings. The summed E-state index contributed by atoms with van der Waals surface area (Å²) in [7, 11) is -3.71. The molecule has 0 bridgehead atoms. The van der Waals surface area contributed by atoms with Crippen LogP contribution in [0.5, 0.6) is 0 Å². The molecule has 7 nitrogen and oxygen atoms in total. The number of nitrogens with zero attached hydrogens (tertiary/aromatic N) is 3. The Balaban J connectivity index is 2.32. The van der Waals surface area contributed by atoms with E-state index < -0.39 is 10.0 Å². The molecule has 0 aromatic carbocycles. The number of thiophene rings is 1. The first-order chi connectivity index (χ1) is 9.33. The number of sulfonamides is 1. The topological polar surface area (TPSA) is 111 Å². The predicted octanol–water partition coefficient (Wildman–Crippen LogP) is 1.12. The second-order valence-corrected chi connectivity index (χ2v) is 7.33. The van der Waals surface area contributed by atoms with Crippen LogP contribution in [0.15, 0.2) is 10.3 Å². The summed E-state index contributed by atoms with van der Waals surface area (Å²) in [6.45, 7) is 5.63. The maximum absolute atomic E-state index is 12.2. The van der Waals surface area contributed by atoms with Crippen molar-refractivity contribution in [2.45, 2.75) is 31.5 Å². The molecule has 0 unspecified atom stereocenters. The van der Waals surface area contributed by atoms with Gasteiger partial charge in [-0.05, 0) is 32.4 Å². The number of anilines is 1. The molecular weight excluding hydrogens is 298 g/mol. The van der Waals surface area contributed by atoms with E-state index in [-0.39, 0.29) is 10.2 Å². The summed E-state index contributed by atoms with van der Waals surface area (Å²) in [6.07, 6.45) is 0. The van der Waals surface area contributed by atoms with Crippen molar-refractivity contribution in [3.05, 3.63) is 27.9 Å². The largest absolute Gasteiger partial charge is 0.326 e. The number of rotatable bonds is 4. The number of hydrogen-bond acceptors (Lipinski definition) is 7. The van der Waals surface area contributed by atoms with Crippen molar-refractivity contribution in [2.75, 3.05) is 4.72 Å². The number of aryl methyl sites for hydroxylation is 3. The van der Waals surface area contributed by atoms with Crippen molar-refractivity contribution in [1.82, 2.24) is 15.2 Å². The lowest BCUT2D eigenvalue weighted by atomic mass is 10.3. The fourth-order valence-electron chi connectivity index (χ4n) is 1.49. The van der Waals surface area contributed by atoms with Crippen LogP contribution in [0.4, 0.5) is 5.95 Å². The van der Waals surface area contributed by atoms with Gasteiger partial charge in [0.05, 0.1) is 11.4 Å². The average Bonchev–Trinajstić information content (AvgIpc) is 2.76. The van der Waals surface area contributed by atoms with Crippen LogP contribution in [0.1, 0.15) is 21.8 Å². The van der Waals surface area contributed by atoms with E-state index in [2.05, 4.69) is 19.9 Å². The van der Waals surface area contributed by atoms with E-state index in [1.54, 1.807) is 19.9 Å². The Labute approximate surface area is 121 Å². The molecule has 0 amide bonds. The molecule has 0 radical (unpaired) electrons. The van der Waals surface area contributed by atoms with Crippen LogP contribution in [0, 0.1) is 20.8 Å². The quantitative estimate of drug-likeness (QED) is 0.875. The zero-order chi connectivity index (χ0) is 14.9. The van der Waals surface area contributed by atoms with E-state index in [1.807, 2.05) is 6.92 Å². The summed E-state index contributed by atoms with van der Waals surface area (Å²) in [5.74, 6) is -0.0338. The first kappa shape index (κ1) is 14.8. The third kappa shape index (κ3) is 2.94. The van der Waals surface area contributed by atoms with Crippen molar-refractivity contribution in [1.29, 1.82) is 0 Å². The van der Waals surface area contributed by atoms with Gasteiger partial charge in [-0.1, -0.05) is 0 Å². The highest BCUT2D eigenvalue weighted by Crippen LogP contribution is 2.26. The highest BCUT2D eigenvalue weighted by Gasteiger charge is 2.20. The summed E-state index contributed by atoms with van der Waals surface area (Å²) < 4.78 is 27.0. The standard InChI is InChI=1S/C11H15N5O2S2/c1-6-4-10(19-9(6)5-12)20(17,18)16-11-13-7(2)8(3)14-15-11/h4H,5,12H2,1-3H3,(H,13,15,16). The highest BCUT2D eigenvalue weighted by atomic mass is 32.2. The van der Waals surface area contributed by atoms with Gasteiger partial charge in [0.1, 0.15) is 4.21 Å². The van der Waals surface area contributed by atoms with Crippen LogP contribution in [0.2, 0.25) is 0 Å². The molecule has 2 aromatic heterocycles. The molecule has 2 aromatic rings. The van der Waals surface area contributed by atoms with Gasteiger partial charge in [0, 0.05) is 11.4 Å². The molecule has 0 atom stereocenters. The van der Waals surface area contributed by atoms with E-state index in [4.69, 9.17) is 5.73 Å². The molecule has 9 heteroatoms. The Hall–Kier alpha value is -1.58. The third-order valence-corrected chi connectivity index (χ3v) is 5.83. The van der Waals surface area contributed by atoms with E-state index in [9.17, 15) is 8.42 Å². The van der Waals surface area contributed by atoms with Gasteiger partial charge in [-0.2, -0.15) is 5.10 Å². The summed E-state index contributed by atoms with van der Waals surface area (Å²) in [6, 6.07) is 1.59. The number of nitrogens with one attached hydrogen (secondary N) is 1. The van der Waals surface area contributed by atoms with Gasteiger partial charge in [-0.15, -0.1) is 16.4 Å². The zero-order valence-corrected chi connectivity index (χ0v) is 13.0. The summed E-state index contributed by atoms with van der Waals surface area (Å²) >= 11 is 1.14. The molecule has 2 heterocycles. The van der Waals surface area contributed by atoms with E-state index >= 15 is 0 Å². The molecule has 2 rings (SSSR count). The van der Waals surface area contributed by atoms with E-state index in [1.165, 1.54) is 0 Å². The molecule has 0 aliphatic carbocycles. The van der Waals surface area contributed by atoms with Crippen LogP contribution < -0.4 is 10.5 Å². The highest BCUT2D eigenvalue weighted by molar-refractivity contribution is 7.94. The summed E-state index contributed by atoms with van der Waals surface area (Å²) in [4.78, 5) is 4.89. The smallest absolute Gasteiger partial charge is 0.273 e. The van der Waals surface area contributed by atoms with Crippen molar-refractivity contribution in [3.63, 3.8) is 0 Å². The maximum Gasteiger partial charge on any atom is 0.273 e. The fourth-order valence-corrected chi connectivity index (χ4v) is 3.90. The lowest BCUT2D eigenvalue weighted by Crippen LogP contribution is -2.15. The van der Waals surface area contributed by atoms with Crippen molar-refractivity contribution < 1.29 is 8.42 Å². The molecule has 0 fully saturated rings. The van der Waals surface area contributed by atoms with Gasteiger partial charge < -0.3 is 5.73 Å². The Morgan fingerprint density at radius 1 is 1.25 bits per heavy atom. The van der Waals surface area contributed by atoms with Crippen molar-refractivity contribution in [3.8, 4) is 0 Å². The second-order valence-electron chi connectivity index (χ2n) is 4.29. The Morgan fingerprint density at radius 3 is 2.50 bits per heavy atom. The van der Waals surface area contributed by atoms with Crippen LogP contribution in [-0.4, -0.2) is 23.6 Å². The fraction of sp³-hybridized carbons (Fsp3) is 0.364. The van der Waals surface area contributed by atoms with Gasteiger partial charge in [0.2, 0.25) is 0 Å². The van der Waals surface area contributed by atoms with Crippen LogP contribution in [0.25, 0.3) is 0 Å². The number of nitrogens with two attached hydrogens (primary N) is 1. The van der Waals surface area contributed by atoms with E-state index in [0.717, 1.165) is 21.8 Å². The minimum absolute atomic E-state index is 0.0338. The molecule has 0 spiro atoms. The van der Waals surface area contributed by atoms with E-state index in [0.29, 0.717) is 17.9 Å². The van der Waals surface area contributed by atoms with Gasteiger partial charge in [-0.25, -0.2) is 18.1 Å². The Morgan fingerprint density at radius 2 is 1.95 bits per heavy atom. The monoisotopic (exact) mass is 313 g/mol. The van der Waals surface area contributed by atoms with Gasteiger partial charge in [0.25, 0.3) is 16.0 Å². The van der Waals surface area contributed by atoms with Crippen LogP contribution >= 0.6 is 11.3 Å². The summed E-state index contributed by atoms with van der Waals surface area (Å²) in [5, 5.41) is 7.57. The van der Waals surface area contributed by atoms with Crippen LogP contribution in [-0.2, 0) is 16.6 Å². The molecule has 0 saturated heterocycles. The van der Waals surface area contributed by atoms with Crippen molar-refractivity contribution >= 4 is 27.3 Å². The van der Waals surface area contributed by atoms with Gasteiger partial charge >= 0.3 is 0 Å². The van der Waals surface area contributed by atoms with Gasteiger partial charge in [0.15, 0.2) is 0 Å². The Bertz CT molecular complexity index is 739. The molecule has 3 N–H and O–H groups in total. The molecule has 20 heavy (non-hydrogen) atoms. The molecule has 0 aliphatic heterocycles. The number of aromatic nitrogens is 3. The molecular formula is C11H15N5O2S2. The SMILES string of the molecule is Cc1cc(S(=O)(=O)Nc2nnc(C)c(C)n2)sc1CN. The Kier molecular flexibility index (Phi) is 4.02. The second kappa shape index (κ2) is 5.43. The number of hydrogen-bond donors (Lipinski definition) is 2. The third-order valence-electron chi connectivity index (χ3n) is 2.77. The first-order valence-corrected chi connectivity index (χ1v) is 8.13.